The molecule has 3 nitrogen and oxygen atoms in total. The van der Waals surface area contributed by atoms with Gasteiger partial charge in [-0.05, 0) is 70.3 Å². The van der Waals surface area contributed by atoms with Gasteiger partial charge in [-0.15, -0.1) is 0 Å². The summed E-state index contributed by atoms with van der Waals surface area (Å²) in [6.45, 7) is 0. The molecule has 10 aromatic rings. The number of hydrogen-bond acceptors (Lipinski definition) is 3. The number of benzene rings is 9. The molecule has 260 valence electrons. The number of oxazole rings is 1. The van der Waals surface area contributed by atoms with Crippen LogP contribution in [0.2, 0.25) is 0 Å². The summed E-state index contributed by atoms with van der Waals surface area (Å²) in [5, 5.41) is 8.60. The Morgan fingerprint density at radius 2 is 1.00 bits per heavy atom. The maximum absolute atomic E-state index is 6.63. The minimum absolute atomic E-state index is 0.627. The zero-order valence-electron chi connectivity index (χ0n) is 30.1. The Bertz CT molecular complexity index is 2890. The summed E-state index contributed by atoms with van der Waals surface area (Å²) < 4.78 is 6.63. The van der Waals surface area contributed by atoms with Crippen LogP contribution < -0.4 is 20.5 Å². The van der Waals surface area contributed by atoms with E-state index in [9.17, 15) is 0 Å². The van der Waals surface area contributed by atoms with Crippen LogP contribution >= 0.6 is 0 Å². The monoisotopic (exact) mass is 720 g/mol. The van der Waals surface area contributed by atoms with E-state index in [1.54, 1.807) is 0 Å². The molecule has 0 atom stereocenters. The van der Waals surface area contributed by atoms with Crippen LogP contribution in [0, 0.1) is 0 Å². The predicted octanol–water partition coefficient (Wildman–Crippen LogP) is 11.2. The van der Waals surface area contributed by atoms with Crippen molar-refractivity contribution < 1.29 is 4.42 Å². The second-order valence-corrected chi connectivity index (χ2v) is 16.8. The first-order chi connectivity index (χ1) is 27.3. The molecule has 0 aliphatic rings. The molecular formula is C51H36N2OSi. The third-order valence-electron chi connectivity index (χ3n) is 10.6. The van der Waals surface area contributed by atoms with Gasteiger partial charge < -0.3 is 9.32 Å². The third-order valence-corrected chi connectivity index (χ3v) is 13.7. The summed E-state index contributed by atoms with van der Waals surface area (Å²) in [7, 11) is -1.81. The largest absolute Gasteiger partial charge is 0.435 e. The fourth-order valence-corrected chi connectivity index (χ4v) is 11.0. The van der Waals surface area contributed by atoms with Crippen molar-refractivity contribution in [2.75, 3.05) is 4.90 Å². The standard InChI is InChI=1S/C51H36N2OSi/c1-5-16-36(17-6-1)45-26-13-14-27-48(45)53(40-20-15-25-44(34-40)55(42-21-9-3-10-22-42)43-23-11-4-12-24-43)41-32-30-37-28-29-38-31-33-47-50(49(38)46(37)35-41)54-51(52-47)39-18-7-2-8-19-39/h1-35,55H. The Labute approximate surface area is 322 Å². The fraction of sp³-hybridized carbons (Fsp3) is 0. The van der Waals surface area contributed by atoms with Gasteiger partial charge in [0.2, 0.25) is 5.89 Å². The van der Waals surface area contributed by atoms with E-state index in [0.717, 1.165) is 60.8 Å². The van der Waals surface area contributed by atoms with Crippen molar-refractivity contribution in [3.05, 3.63) is 212 Å². The van der Waals surface area contributed by atoms with Crippen LogP contribution in [-0.4, -0.2) is 13.8 Å². The molecule has 1 heterocycles. The van der Waals surface area contributed by atoms with Crippen LogP contribution in [0.1, 0.15) is 0 Å². The van der Waals surface area contributed by atoms with E-state index >= 15 is 0 Å². The first kappa shape index (κ1) is 32.6. The average Bonchev–Trinajstić information content (AvgIpc) is 3.71. The zero-order chi connectivity index (χ0) is 36.6. The molecule has 0 spiro atoms. The van der Waals surface area contributed by atoms with Gasteiger partial charge in [-0.2, -0.15) is 0 Å². The minimum Gasteiger partial charge on any atom is -0.435 e. The van der Waals surface area contributed by atoms with Gasteiger partial charge in [0.25, 0.3) is 0 Å². The van der Waals surface area contributed by atoms with E-state index in [2.05, 4.69) is 187 Å². The topological polar surface area (TPSA) is 29.3 Å². The Balaban J connectivity index is 1.21. The van der Waals surface area contributed by atoms with Gasteiger partial charge in [0.15, 0.2) is 5.58 Å². The maximum atomic E-state index is 6.63. The summed E-state index contributed by atoms with van der Waals surface area (Å²) in [5.74, 6) is 0.627. The highest BCUT2D eigenvalue weighted by atomic mass is 28.3. The molecule has 0 radical (unpaired) electrons. The Morgan fingerprint density at radius 1 is 0.436 bits per heavy atom. The zero-order valence-corrected chi connectivity index (χ0v) is 31.2. The third kappa shape index (κ3) is 6.09. The second-order valence-electron chi connectivity index (χ2n) is 13.9. The number of aromatic nitrogens is 1. The number of nitrogens with zero attached hydrogens (tertiary/aromatic N) is 2. The van der Waals surface area contributed by atoms with E-state index in [1.165, 1.54) is 21.1 Å². The van der Waals surface area contributed by atoms with Gasteiger partial charge in [0, 0.05) is 27.9 Å². The molecule has 9 aromatic carbocycles. The number of fused-ring (bicyclic) bond motifs is 5. The quantitative estimate of drug-likeness (QED) is 0.0889. The van der Waals surface area contributed by atoms with Gasteiger partial charge in [-0.1, -0.05) is 179 Å². The highest BCUT2D eigenvalue weighted by Gasteiger charge is 2.23. The molecule has 0 saturated heterocycles. The lowest BCUT2D eigenvalue weighted by atomic mass is 9.99. The van der Waals surface area contributed by atoms with Crippen LogP contribution in [0.5, 0.6) is 0 Å². The molecule has 0 aliphatic carbocycles. The van der Waals surface area contributed by atoms with Crippen LogP contribution in [0.3, 0.4) is 0 Å². The van der Waals surface area contributed by atoms with Crippen molar-refractivity contribution in [2.45, 2.75) is 0 Å². The van der Waals surface area contributed by atoms with E-state index in [1.807, 2.05) is 30.3 Å². The van der Waals surface area contributed by atoms with Crippen LogP contribution in [0.25, 0.3) is 55.2 Å². The molecule has 0 N–H and O–H groups in total. The smallest absolute Gasteiger partial charge is 0.227 e. The van der Waals surface area contributed by atoms with E-state index < -0.39 is 8.80 Å². The lowest BCUT2D eigenvalue weighted by Gasteiger charge is -2.29. The predicted molar refractivity (Wildman–Crippen MR) is 234 cm³/mol. The highest BCUT2D eigenvalue weighted by Crippen LogP contribution is 2.43. The molecule has 0 bridgehead atoms. The van der Waals surface area contributed by atoms with Crippen LogP contribution in [-0.2, 0) is 0 Å². The minimum atomic E-state index is -1.81. The van der Waals surface area contributed by atoms with Crippen molar-refractivity contribution in [2.24, 2.45) is 0 Å². The van der Waals surface area contributed by atoms with Gasteiger partial charge >= 0.3 is 0 Å². The Kier molecular flexibility index (Phi) is 8.36. The highest BCUT2D eigenvalue weighted by molar-refractivity contribution is 6.95. The molecule has 0 amide bonds. The molecule has 55 heavy (non-hydrogen) atoms. The van der Waals surface area contributed by atoms with Gasteiger partial charge in [-0.25, -0.2) is 4.98 Å². The normalized spacial score (nSPS) is 11.4. The van der Waals surface area contributed by atoms with Crippen molar-refractivity contribution in [1.29, 1.82) is 0 Å². The van der Waals surface area contributed by atoms with Gasteiger partial charge in [0.1, 0.15) is 14.3 Å². The fourth-order valence-electron chi connectivity index (χ4n) is 8.02. The molecule has 0 fully saturated rings. The van der Waals surface area contributed by atoms with Crippen LogP contribution in [0.15, 0.2) is 217 Å². The van der Waals surface area contributed by atoms with Crippen molar-refractivity contribution in [1.82, 2.24) is 4.98 Å². The summed E-state index contributed by atoms with van der Waals surface area (Å²) in [6, 6.07) is 76.3. The molecule has 10 rings (SSSR count). The summed E-state index contributed by atoms with van der Waals surface area (Å²) in [4.78, 5) is 7.37. The van der Waals surface area contributed by atoms with E-state index in [4.69, 9.17) is 9.40 Å². The van der Waals surface area contributed by atoms with E-state index in [-0.39, 0.29) is 0 Å². The Hall–Kier alpha value is -7.01. The first-order valence-corrected chi connectivity index (χ1v) is 20.5. The van der Waals surface area contributed by atoms with Gasteiger partial charge in [-0.3, -0.25) is 0 Å². The van der Waals surface area contributed by atoms with Crippen LogP contribution in [0.4, 0.5) is 17.1 Å². The molecule has 0 saturated carbocycles. The Morgan fingerprint density at radius 3 is 1.73 bits per heavy atom. The van der Waals surface area contributed by atoms with Gasteiger partial charge in [0.05, 0.1) is 5.69 Å². The summed E-state index contributed by atoms with van der Waals surface area (Å²) in [6.07, 6.45) is 0. The molecule has 0 aliphatic heterocycles. The van der Waals surface area contributed by atoms with Crippen molar-refractivity contribution in [3.8, 4) is 22.6 Å². The molecule has 1 aromatic heterocycles. The number of anilines is 3. The number of rotatable bonds is 8. The number of para-hydroxylation sites is 1. The molecule has 0 unspecified atom stereocenters. The molecular weight excluding hydrogens is 685 g/mol. The first-order valence-electron chi connectivity index (χ1n) is 18.7. The number of hydrogen-bond donors (Lipinski definition) is 0. The lowest BCUT2D eigenvalue weighted by Crippen LogP contribution is -2.51. The lowest BCUT2D eigenvalue weighted by molar-refractivity contribution is 0.623. The maximum Gasteiger partial charge on any atom is 0.227 e. The van der Waals surface area contributed by atoms with Crippen molar-refractivity contribution in [3.63, 3.8) is 0 Å². The van der Waals surface area contributed by atoms with E-state index in [0.29, 0.717) is 5.89 Å². The summed E-state index contributed by atoms with van der Waals surface area (Å²) in [5.41, 5.74) is 8.24. The van der Waals surface area contributed by atoms with Crippen molar-refractivity contribution >= 4 is 74.1 Å². The average molecular weight is 721 g/mol. The molecule has 4 heteroatoms. The SMILES string of the molecule is c1ccc(-c2nc3ccc4ccc5ccc(N(c6cccc([SiH](c7ccccc7)c7ccccc7)c6)c6ccccc6-c6ccccc6)cc5c4c3o2)cc1. The summed E-state index contributed by atoms with van der Waals surface area (Å²) >= 11 is 0. The second kappa shape index (κ2) is 14.1.